The zero-order valence-corrected chi connectivity index (χ0v) is 12.6. The van der Waals surface area contributed by atoms with Crippen molar-refractivity contribution < 1.29 is 9.13 Å². The number of halogens is 4. The van der Waals surface area contributed by atoms with Crippen molar-refractivity contribution in [3.63, 3.8) is 0 Å². The minimum atomic E-state index is -0.506. The lowest BCUT2D eigenvalue weighted by molar-refractivity contribution is 0.297. The molecule has 0 bridgehead atoms. The SMILES string of the molecule is NCc1cc(Cl)cc(Cl)c1OCc1cccc(Cl)c1F. The normalized spacial score (nSPS) is 10.7. The molecule has 6 heteroatoms. The Hall–Kier alpha value is -1.00. The molecule has 0 heterocycles. The third-order valence-corrected chi connectivity index (χ3v) is 3.50. The fourth-order valence-electron chi connectivity index (χ4n) is 1.74. The van der Waals surface area contributed by atoms with Crippen LogP contribution >= 0.6 is 34.8 Å². The second-order valence-electron chi connectivity index (χ2n) is 4.08. The van der Waals surface area contributed by atoms with E-state index in [4.69, 9.17) is 45.3 Å². The van der Waals surface area contributed by atoms with Crippen molar-refractivity contribution in [2.24, 2.45) is 5.73 Å². The molecule has 0 radical (unpaired) electrons. The molecule has 2 nitrogen and oxygen atoms in total. The highest BCUT2D eigenvalue weighted by atomic mass is 35.5. The maximum atomic E-state index is 13.8. The quantitative estimate of drug-likeness (QED) is 0.869. The number of rotatable bonds is 4. The second kappa shape index (κ2) is 6.64. The topological polar surface area (TPSA) is 35.2 Å². The molecule has 0 amide bonds. The molecule has 20 heavy (non-hydrogen) atoms. The third-order valence-electron chi connectivity index (χ3n) is 2.71. The summed E-state index contributed by atoms with van der Waals surface area (Å²) < 4.78 is 19.3. The van der Waals surface area contributed by atoms with Gasteiger partial charge < -0.3 is 10.5 Å². The Balaban J connectivity index is 2.25. The monoisotopic (exact) mass is 333 g/mol. The molecule has 2 aromatic carbocycles. The summed E-state index contributed by atoms with van der Waals surface area (Å²) in [5, 5.41) is 0.851. The lowest BCUT2D eigenvalue weighted by Gasteiger charge is -2.13. The van der Waals surface area contributed by atoms with E-state index in [1.807, 2.05) is 0 Å². The molecule has 0 saturated carbocycles. The Morgan fingerprint density at radius 1 is 1.05 bits per heavy atom. The van der Waals surface area contributed by atoms with Crippen molar-refractivity contribution in [3.05, 3.63) is 62.3 Å². The van der Waals surface area contributed by atoms with E-state index in [9.17, 15) is 4.39 Å². The molecule has 0 saturated heterocycles. The summed E-state index contributed by atoms with van der Waals surface area (Å²) in [7, 11) is 0. The van der Waals surface area contributed by atoms with Crippen molar-refractivity contribution in [2.75, 3.05) is 0 Å². The summed E-state index contributed by atoms with van der Waals surface area (Å²) in [6.07, 6.45) is 0. The zero-order valence-electron chi connectivity index (χ0n) is 10.3. The highest BCUT2D eigenvalue weighted by Crippen LogP contribution is 2.33. The molecule has 2 rings (SSSR count). The molecule has 0 fully saturated rings. The number of benzene rings is 2. The van der Waals surface area contributed by atoms with Crippen molar-refractivity contribution in [3.8, 4) is 5.75 Å². The predicted molar refractivity (Wildman–Crippen MR) is 80.1 cm³/mol. The van der Waals surface area contributed by atoms with E-state index in [-0.39, 0.29) is 18.2 Å². The van der Waals surface area contributed by atoms with Crippen LogP contribution in [0.4, 0.5) is 4.39 Å². The summed E-state index contributed by atoms with van der Waals surface area (Å²) in [6.45, 7) is 0.217. The van der Waals surface area contributed by atoms with Gasteiger partial charge in [-0.15, -0.1) is 0 Å². The Morgan fingerprint density at radius 3 is 2.50 bits per heavy atom. The van der Waals surface area contributed by atoms with Crippen LogP contribution in [-0.2, 0) is 13.2 Å². The standard InChI is InChI=1S/C14H11Cl3FNO/c15-10-4-9(6-19)14(12(17)5-10)20-7-8-2-1-3-11(16)13(8)18/h1-5H,6-7,19H2. The van der Waals surface area contributed by atoms with Gasteiger partial charge in [-0.05, 0) is 18.2 Å². The third kappa shape index (κ3) is 3.36. The molecule has 2 N–H and O–H groups in total. The van der Waals surface area contributed by atoms with Gasteiger partial charge in [-0.2, -0.15) is 0 Å². The van der Waals surface area contributed by atoms with Gasteiger partial charge >= 0.3 is 0 Å². The van der Waals surface area contributed by atoms with Crippen LogP contribution in [0.2, 0.25) is 15.1 Å². The van der Waals surface area contributed by atoms with Crippen LogP contribution in [-0.4, -0.2) is 0 Å². The van der Waals surface area contributed by atoms with Crippen LogP contribution in [0.5, 0.6) is 5.75 Å². The average Bonchev–Trinajstić information content (AvgIpc) is 2.41. The van der Waals surface area contributed by atoms with Gasteiger partial charge in [0.05, 0.1) is 10.0 Å². The first-order chi connectivity index (χ1) is 9.52. The lowest BCUT2D eigenvalue weighted by atomic mass is 10.2. The Morgan fingerprint density at radius 2 is 1.80 bits per heavy atom. The van der Waals surface area contributed by atoms with Gasteiger partial charge in [0, 0.05) is 22.7 Å². The molecule has 0 aliphatic rings. The van der Waals surface area contributed by atoms with Crippen molar-refractivity contribution in [1.29, 1.82) is 0 Å². The highest BCUT2D eigenvalue weighted by molar-refractivity contribution is 6.35. The molecule has 0 aliphatic carbocycles. The first-order valence-electron chi connectivity index (χ1n) is 5.76. The smallest absolute Gasteiger partial charge is 0.148 e. The van der Waals surface area contributed by atoms with Crippen molar-refractivity contribution >= 4 is 34.8 Å². The Labute approximate surface area is 131 Å². The summed E-state index contributed by atoms with van der Waals surface area (Å²) in [4.78, 5) is 0. The molecular formula is C14H11Cl3FNO. The van der Waals surface area contributed by atoms with Gasteiger partial charge in [0.25, 0.3) is 0 Å². The number of hydrogen-bond acceptors (Lipinski definition) is 2. The van der Waals surface area contributed by atoms with E-state index in [0.717, 1.165) is 0 Å². The van der Waals surface area contributed by atoms with Crippen LogP contribution in [0.15, 0.2) is 30.3 Å². The predicted octanol–water partition coefficient (Wildman–Crippen LogP) is 4.82. The van der Waals surface area contributed by atoms with Crippen LogP contribution in [0.25, 0.3) is 0 Å². The summed E-state index contributed by atoms with van der Waals surface area (Å²) >= 11 is 17.7. The first-order valence-corrected chi connectivity index (χ1v) is 6.90. The number of ether oxygens (including phenoxy) is 1. The fraction of sp³-hybridized carbons (Fsp3) is 0.143. The van der Waals surface area contributed by atoms with Crippen molar-refractivity contribution in [2.45, 2.75) is 13.2 Å². The highest BCUT2D eigenvalue weighted by Gasteiger charge is 2.12. The van der Waals surface area contributed by atoms with Crippen LogP contribution < -0.4 is 10.5 Å². The van der Waals surface area contributed by atoms with Crippen LogP contribution in [0.1, 0.15) is 11.1 Å². The van der Waals surface area contributed by atoms with Gasteiger partial charge in [-0.3, -0.25) is 0 Å². The molecule has 2 aromatic rings. The molecule has 0 spiro atoms. The number of hydrogen-bond donors (Lipinski definition) is 1. The molecule has 0 aliphatic heterocycles. The summed E-state index contributed by atoms with van der Waals surface area (Å²) in [6, 6.07) is 7.93. The summed E-state index contributed by atoms with van der Waals surface area (Å²) in [5.41, 5.74) is 6.62. The van der Waals surface area contributed by atoms with Crippen molar-refractivity contribution in [1.82, 2.24) is 0 Å². The minimum absolute atomic E-state index is 0.000740. The van der Waals surface area contributed by atoms with E-state index in [1.54, 1.807) is 24.3 Å². The fourth-order valence-corrected chi connectivity index (χ4v) is 2.52. The second-order valence-corrected chi connectivity index (χ2v) is 5.33. The summed E-state index contributed by atoms with van der Waals surface area (Å²) in [5.74, 6) is -0.105. The number of nitrogens with two attached hydrogens (primary N) is 1. The molecule has 0 aromatic heterocycles. The molecule has 0 unspecified atom stereocenters. The van der Waals surface area contributed by atoms with Gasteiger partial charge in [0.15, 0.2) is 0 Å². The largest absolute Gasteiger partial charge is 0.487 e. The van der Waals surface area contributed by atoms with Gasteiger partial charge in [0.2, 0.25) is 0 Å². The molecule has 0 atom stereocenters. The van der Waals surface area contributed by atoms with Crippen LogP contribution in [0, 0.1) is 5.82 Å². The van der Waals surface area contributed by atoms with Gasteiger partial charge in [-0.25, -0.2) is 4.39 Å². The maximum Gasteiger partial charge on any atom is 0.148 e. The van der Waals surface area contributed by atoms with Crippen LogP contribution in [0.3, 0.4) is 0 Å². The zero-order chi connectivity index (χ0) is 14.7. The van der Waals surface area contributed by atoms with Gasteiger partial charge in [0.1, 0.15) is 18.2 Å². The lowest BCUT2D eigenvalue weighted by Crippen LogP contribution is -2.04. The van der Waals surface area contributed by atoms with E-state index in [1.165, 1.54) is 6.07 Å². The van der Waals surface area contributed by atoms with E-state index in [2.05, 4.69) is 0 Å². The molecular weight excluding hydrogens is 324 g/mol. The van der Waals surface area contributed by atoms with E-state index in [0.29, 0.717) is 26.9 Å². The minimum Gasteiger partial charge on any atom is -0.487 e. The van der Waals surface area contributed by atoms with Gasteiger partial charge in [-0.1, -0.05) is 46.9 Å². The van der Waals surface area contributed by atoms with E-state index < -0.39 is 5.82 Å². The maximum absolute atomic E-state index is 13.8. The average molecular weight is 335 g/mol. The Kier molecular flexibility index (Phi) is 5.11. The first kappa shape index (κ1) is 15.4. The Bertz CT molecular complexity index is 634. The molecule has 106 valence electrons. The van der Waals surface area contributed by atoms with E-state index >= 15 is 0 Å².